The van der Waals surface area contributed by atoms with Crippen molar-refractivity contribution in [3.63, 3.8) is 0 Å². The van der Waals surface area contributed by atoms with E-state index in [0.717, 1.165) is 5.39 Å². The molecule has 3 rings (SSSR count). The molecule has 0 saturated carbocycles. The molecule has 0 spiro atoms. The van der Waals surface area contributed by atoms with E-state index in [0.29, 0.717) is 17.0 Å². The Kier molecular flexibility index (Phi) is 3.14. The maximum atomic E-state index is 13.7. The predicted octanol–water partition coefficient (Wildman–Crippen LogP) is 2.80. The van der Waals surface area contributed by atoms with Gasteiger partial charge < -0.3 is 5.32 Å². The van der Waals surface area contributed by atoms with Crippen molar-refractivity contribution in [3.8, 4) is 0 Å². The summed E-state index contributed by atoms with van der Waals surface area (Å²) in [7, 11) is 0. The van der Waals surface area contributed by atoms with Gasteiger partial charge in [-0.2, -0.15) is 4.98 Å². The third kappa shape index (κ3) is 2.24. The number of benzene rings is 2. The van der Waals surface area contributed by atoms with Gasteiger partial charge in [-0.1, -0.05) is 24.3 Å². The second-order valence-corrected chi connectivity index (χ2v) is 4.16. The number of fused-ring (bicyclic) bond motifs is 1. The molecule has 0 radical (unpaired) electrons. The van der Waals surface area contributed by atoms with Gasteiger partial charge in [0.25, 0.3) is 0 Å². The predicted molar refractivity (Wildman–Crippen MR) is 77.0 cm³/mol. The number of nitrogen functional groups attached to an aromatic ring is 1. The van der Waals surface area contributed by atoms with Gasteiger partial charge in [-0.15, -0.1) is 0 Å². The lowest BCUT2D eigenvalue weighted by Crippen LogP contribution is -2.11. The Morgan fingerprint density at radius 3 is 2.50 bits per heavy atom. The summed E-state index contributed by atoms with van der Waals surface area (Å²) in [5, 5.41) is 3.76. The van der Waals surface area contributed by atoms with Crippen molar-refractivity contribution in [2.24, 2.45) is 5.84 Å². The van der Waals surface area contributed by atoms with Gasteiger partial charge in [0.1, 0.15) is 11.6 Å². The van der Waals surface area contributed by atoms with Crippen molar-refractivity contribution in [2.75, 3.05) is 10.7 Å². The monoisotopic (exact) mass is 269 g/mol. The summed E-state index contributed by atoms with van der Waals surface area (Å²) in [5.74, 6) is 5.77. The van der Waals surface area contributed by atoms with Crippen molar-refractivity contribution in [1.29, 1.82) is 0 Å². The molecule has 0 bridgehead atoms. The molecule has 1 aromatic heterocycles. The number of hydrogen-bond donors (Lipinski definition) is 3. The second kappa shape index (κ2) is 5.10. The molecule has 0 aliphatic rings. The molecule has 0 fully saturated rings. The van der Waals surface area contributed by atoms with E-state index in [1.165, 1.54) is 6.07 Å². The number of rotatable bonds is 3. The molecule has 0 aliphatic carbocycles. The SMILES string of the molecule is NNc1nc(Nc2ccccc2F)c2ccccc2n1. The Bertz CT molecular complexity index is 759. The zero-order valence-electron chi connectivity index (χ0n) is 10.5. The Balaban J connectivity index is 2.13. The van der Waals surface area contributed by atoms with Gasteiger partial charge in [-0.05, 0) is 24.3 Å². The van der Waals surface area contributed by atoms with Crippen molar-refractivity contribution < 1.29 is 4.39 Å². The molecule has 0 aliphatic heterocycles. The van der Waals surface area contributed by atoms with Gasteiger partial charge in [-0.3, -0.25) is 5.43 Å². The number of hydrogen-bond acceptors (Lipinski definition) is 5. The standard InChI is InChI=1S/C14H12FN5/c15-10-6-2-4-8-12(10)17-13-9-5-1-3-7-11(9)18-14(19-13)20-16/h1-8H,16H2,(H2,17,18,19,20). The molecule has 6 heteroatoms. The third-order valence-electron chi connectivity index (χ3n) is 2.86. The van der Waals surface area contributed by atoms with Crippen LogP contribution < -0.4 is 16.6 Å². The normalized spacial score (nSPS) is 10.5. The number of para-hydroxylation sites is 2. The fourth-order valence-corrected chi connectivity index (χ4v) is 1.93. The highest BCUT2D eigenvalue weighted by Crippen LogP contribution is 2.25. The molecule has 0 saturated heterocycles. The van der Waals surface area contributed by atoms with Gasteiger partial charge in [0.15, 0.2) is 0 Å². The first kappa shape index (κ1) is 12.3. The van der Waals surface area contributed by atoms with E-state index in [1.807, 2.05) is 24.3 Å². The number of nitrogens with one attached hydrogen (secondary N) is 2. The number of halogens is 1. The van der Waals surface area contributed by atoms with Crippen LogP contribution in [-0.2, 0) is 0 Å². The molecule has 0 amide bonds. The van der Waals surface area contributed by atoms with Gasteiger partial charge in [0.05, 0.1) is 11.2 Å². The maximum absolute atomic E-state index is 13.7. The number of aromatic nitrogens is 2. The van der Waals surface area contributed by atoms with E-state index in [-0.39, 0.29) is 11.8 Å². The minimum atomic E-state index is -0.350. The first-order chi connectivity index (χ1) is 9.78. The topological polar surface area (TPSA) is 75.9 Å². The average molecular weight is 269 g/mol. The summed E-state index contributed by atoms with van der Waals surface area (Å²) in [4.78, 5) is 8.47. The zero-order chi connectivity index (χ0) is 13.9. The minimum absolute atomic E-state index is 0.266. The van der Waals surface area contributed by atoms with E-state index in [4.69, 9.17) is 5.84 Å². The van der Waals surface area contributed by atoms with Crippen molar-refractivity contribution in [3.05, 3.63) is 54.3 Å². The largest absolute Gasteiger partial charge is 0.337 e. The van der Waals surface area contributed by atoms with Gasteiger partial charge >= 0.3 is 0 Å². The summed E-state index contributed by atoms with van der Waals surface area (Å²) in [6.45, 7) is 0. The molecule has 2 aromatic carbocycles. The Morgan fingerprint density at radius 1 is 0.950 bits per heavy atom. The van der Waals surface area contributed by atoms with E-state index in [2.05, 4.69) is 20.7 Å². The van der Waals surface area contributed by atoms with E-state index >= 15 is 0 Å². The summed E-state index contributed by atoms with van der Waals surface area (Å²) in [6.07, 6.45) is 0. The molecule has 3 aromatic rings. The Morgan fingerprint density at radius 2 is 1.70 bits per heavy atom. The van der Waals surface area contributed by atoms with Gasteiger partial charge in [-0.25, -0.2) is 15.2 Å². The Hall–Kier alpha value is -2.73. The number of nitrogens with zero attached hydrogens (tertiary/aromatic N) is 2. The lowest BCUT2D eigenvalue weighted by molar-refractivity contribution is 0.632. The fraction of sp³-hybridized carbons (Fsp3) is 0. The van der Waals surface area contributed by atoms with Crippen LogP contribution in [0.15, 0.2) is 48.5 Å². The van der Waals surface area contributed by atoms with Gasteiger partial charge in [0, 0.05) is 5.39 Å². The third-order valence-corrected chi connectivity index (χ3v) is 2.86. The number of hydrazine groups is 1. The minimum Gasteiger partial charge on any atom is -0.337 e. The van der Waals surface area contributed by atoms with E-state index in [9.17, 15) is 4.39 Å². The maximum Gasteiger partial charge on any atom is 0.239 e. The summed E-state index contributed by atoms with van der Waals surface area (Å²) in [5.41, 5.74) is 3.47. The smallest absolute Gasteiger partial charge is 0.239 e. The van der Waals surface area contributed by atoms with Crippen LogP contribution in [0.2, 0.25) is 0 Å². The van der Waals surface area contributed by atoms with Crippen molar-refractivity contribution in [2.45, 2.75) is 0 Å². The van der Waals surface area contributed by atoms with Crippen LogP contribution in [-0.4, -0.2) is 9.97 Å². The quantitative estimate of drug-likeness (QED) is 0.503. The molecule has 0 atom stereocenters. The number of anilines is 3. The van der Waals surface area contributed by atoms with Crippen molar-refractivity contribution >= 4 is 28.4 Å². The molecule has 20 heavy (non-hydrogen) atoms. The van der Waals surface area contributed by atoms with Crippen LogP contribution in [0.25, 0.3) is 10.9 Å². The molecule has 1 heterocycles. The molecule has 4 N–H and O–H groups in total. The molecule has 100 valence electrons. The van der Waals surface area contributed by atoms with Crippen LogP contribution in [0.3, 0.4) is 0 Å². The van der Waals surface area contributed by atoms with E-state index < -0.39 is 0 Å². The van der Waals surface area contributed by atoms with Gasteiger partial charge in [0.2, 0.25) is 5.95 Å². The lowest BCUT2D eigenvalue weighted by atomic mass is 10.2. The molecular formula is C14H12FN5. The van der Waals surface area contributed by atoms with Crippen LogP contribution in [0.1, 0.15) is 0 Å². The van der Waals surface area contributed by atoms with Crippen LogP contribution in [0.5, 0.6) is 0 Å². The Labute approximate surface area is 114 Å². The lowest BCUT2D eigenvalue weighted by Gasteiger charge is -2.10. The second-order valence-electron chi connectivity index (χ2n) is 4.16. The van der Waals surface area contributed by atoms with E-state index in [1.54, 1.807) is 18.2 Å². The highest BCUT2D eigenvalue weighted by Gasteiger charge is 2.08. The summed E-state index contributed by atoms with van der Waals surface area (Å²) >= 11 is 0. The first-order valence-electron chi connectivity index (χ1n) is 6.03. The first-order valence-corrected chi connectivity index (χ1v) is 6.03. The summed E-state index contributed by atoms with van der Waals surface area (Å²) < 4.78 is 13.7. The summed E-state index contributed by atoms with van der Waals surface area (Å²) in [6, 6.07) is 13.8. The van der Waals surface area contributed by atoms with Crippen LogP contribution in [0, 0.1) is 5.82 Å². The number of nitrogens with two attached hydrogens (primary N) is 1. The fourth-order valence-electron chi connectivity index (χ4n) is 1.93. The van der Waals surface area contributed by atoms with Crippen LogP contribution >= 0.6 is 0 Å². The average Bonchev–Trinajstić information content (AvgIpc) is 2.49. The highest BCUT2D eigenvalue weighted by molar-refractivity contribution is 5.91. The molecule has 0 unspecified atom stereocenters. The molecular weight excluding hydrogens is 257 g/mol. The molecule has 5 nitrogen and oxygen atoms in total. The highest BCUT2D eigenvalue weighted by atomic mass is 19.1. The van der Waals surface area contributed by atoms with Crippen LogP contribution in [0.4, 0.5) is 21.8 Å². The zero-order valence-corrected chi connectivity index (χ0v) is 10.5. The van der Waals surface area contributed by atoms with Crippen molar-refractivity contribution in [1.82, 2.24) is 9.97 Å².